The lowest BCUT2D eigenvalue weighted by Gasteiger charge is -2.29. The molecule has 2 atom stereocenters. The summed E-state index contributed by atoms with van der Waals surface area (Å²) in [7, 11) is 0. The van der Waals surface area contributed by atoms with E-state index in [1.807, 2.05) is 23.4 Å². The zero-order valence-corrected chi connectivity index (χ0v) is 35.8. The van der Waals surface area contributed by atoms with Gasteiger partial charge in [0.1, 0.15) is 17.3 Å². The standard InChI is InChI=1S/C25H36N4O2.C22H33F3N2O2/c1-2-13-28(14-3-1)15-5-19-31-23-8-6-22(7-9-23)24(25-26-11-4-12-27-25)10-16-29-17-20-30-21-18-29;23-22(24,25)21(9-13-27-14-17-28-18-15-27)19-5-7-20(8-6-19)29-16-4-12-26-10-2-1-3-11-26/h4,6-9,11-12,24H,1-3,5,10,13-21H2;5-8,21H,1-4,9-18H2. The van der Waals surface area contributed by atoms with E-state index in [4.69, 9.17) is 18.9 Å². The van der Waals surface area contributed by atoms with Crippen molar-refractivity contribution in [3.63, 3.8) is 0 Å². The van der Waals surface area contributed by atoms with E-state index < -0.39 is 12.1 Å². The molecule has 1 aromatic heterocycles. The van der Waals surface area contributed by atoms with Crippen molar-refractivity contribution < 1.29 is 32.1 Å². The highest BCUT2D eigenvalue weighted by atomic mass is 19.4. The summed E-state index contributed by atoms with van der Waals surface area (Å²) >= 11 is 0. The molecule has 13 heteroatoms. The average molecular weight is 839 g/mol. The summed E-state index contributed by atoms with van der Waals surface area (Å²) in [5.41, 5.74) is 1.56. The zero-order chi connectivity index (χ0) is 41.7. The fraction of sp³-hybridized carbons (Fsp3) is 0.660. The number of likely N-dealkylation sites (tertiary alicyclic amines) is 2. The second kappa shape index (κ2) is 25.6. The number of piperidine rings is 2. The summed E-state index contributed by atoms with van der Waals surface area (Å²) in [6, 6.07) is 16.9. The highest BCUT2D eigenvalue weighted by molar-refractivity contribution is 5.33. The van der Waals surface area contributed by atoms with Gasteiger partial charge in [0.15, 0.2) is 0 Å². The van der Waals surface area contributed by atoms with Crippen LogP contribution in [-0.4, -0.2) is 154 Å². The lowest BCUT2D eigenvalue weighted by Crippen LogP contribution is -2.38. The van der Waals surface area contributed by atoms with Gasteiger partial charge in [0.25, 0.3) is 0 Å². The summed E-state index contributed by atoms with van der Waals surface area (Å²) < 4.78 is 63.3. The molecule has 0 radical (unpaired) electrons. The first-order valence-electron chi connectivity index (χ1n) is 22.7. The van der Waals surface area contributed by atoms with Crippen LogP contribution in [0.25, 0.3) is 0 Å². The van der Waals surface area contributed by atoms with Gasteiger partial charge >= 0.3 is 6.18 Å². The van der Waals surface area contributed by atoms with Crippen LogP contribution in [0.3, 0.4) is 0 Å². The summed E-state index contributed by atoms with van der Waals surface area (Å²) in [6.07, 6.45) is 10.5. The number of alkyl halides is 3. The maximum atomic E-state index is 13.6. The molecule has 0 N–H and O–H groups in total. The number of morpholine rings is 2. The van der Waals surface area contributed by atoms with Crippen molar-refractivity contribution in [2.24, 2.45) is 0 Å². The fourth-order valence-electron chi connectivity index (χ4n) is 8.64. The smallest absolute Gasteiger partial charge is 0.395 e. The Morgan fingerprint density at radius 3 is 1.43 bits per heavy atom. The van der Waals surface area contributed by atoms with Gasteiger partial charge in [0.05, 0.1) is 45.6 Å². The van der Waals surface area contributed by atoms with Crippen molar-refractivity contribution in [1.29, 1.82) is 0 Å². The molecule has 60 heavy (non-hydrogen) atoms. The molecule has 0 saturated carbocycles. The van der Waals surface area contributed by atoms with Crippen LogP contribution in [-0.2, 0) is 9.47 Å². The minimum Gasteiger partial charge on any atom is -0.494 e. The van der Waals surface area contributed by atoms with Crippen molar-refractivity contribution in [2.45, 2.75) is 82.2 Å². The van der Waals surface area contributed by atoms with E-state index in [1.165, 1.54) is 57.2 Å². The van der Waals surface area contributed by atoms with Gasteiger partial charge in [-0.3, -0.25) is 9.80 Å². The van der Waals surface area contributed by atoms with Crippen LogP contribution < -0.4 is 9.47 Å². The molecule has 3 aromatic rings. The third kappa shape index (κ3) is 16.2. The summed E-state index contributed by atoms with van der Waals surface area (Å²) in [5.74, 6) is 1.23. The van der Waals surface area contributed by atoms with Gasteiger partial charge in [0.2, 0.25) is 0 Å². The van der Waals surface area contributed by atoms with Gasteiger partial charge < -0.3 is 28.7 Å². The molecule has 4 aliphatic rings. The first kappa shape index (κ1) is 46.2. The predicted octanol–water partition coefficient (Wildman–Crippen LogP) is 7.90. The Hall–Kier alpha value is -3.33. The van der Waals surface area contributed by atoms with Crippen LogP contribution in [0.1, 0.15) is 93.0 Å². The van der Waals surface area contributed by atoms with Gasteiger partial charge in [-0.15, -0.1) is 0 Å². The van der Waals surface area contributed by atoms with Gasteiger partial charge in [-0.05, 0) is 132 Å². The molecule has 10 nitrogen and oxygen atoms in total. The summed E-state index contributed by atoms with van der Waals surface area (Å²) in [6.45, 7) is 16.1. The van der Waals surface area contributed by atoms with E-state index in [2.05, 4.69) is 48.9 Å². The van der Waals surface area contributed by atoms with Crippen molar-refractivity contribution in [3.8, 4) is 11.5 Å². The second-order valence-electron chi connectivity index (χ2n) is 16.6. The van der Waals surface area contributed by atoms with Crippen molar-refractivity contribution >= 4 is 0 Å². The molecule has 0 bridgehead atoms. The highest BCUT2D eigenvalue weighted by Gasteiger charge is 2.40. The molecule has 7 rings (SSSR count). The Labute approximate surface area is 356 Å². The Kier molecular flexibility index (Phi) is 19.7. The Bertz CT molecular complexity index is 1560. The Morgan fingerprint density at radius 1 is 0.533 bits per heavy atom. The van der Waals surface area contributed by atoms with E-state index in [9.17, 15) is 13.2 Å². The lowest BCUT2D eigenvalue weighted by molar-refractivity contribution is -0.153. The quantitative estimate of drug-likeness (QED) is 0.111. The third-order valence-electron chi connectivity index (χ3n) is 12.2. The molecule has 5 heterocycles. The third-order valence-corrected chi connectivity index (χ3v) is 12.2. The molecule has 2 aromatic carbocycles. The minimum absolute atomic E-state index is 0.0690. The normalized spacial score (nSPS) is 19.9. The van der Waals surface area contributed by atoms with E-state index >= 15 is 0 Å². The van der Waals surface area contributed by atoms with E-state index in [1.54, 1.807) is 24.3 Å². The van der Waals surface area contributed by atoms with Crippen molar-refractivity contribution in [1.82, 2.24) is 29.6 Å². The molecule has 0 aliphatic carbocycles. The van der Waals surface area contributed by atoms with E-state index in [-0.39, 0.29) is 12.3 Å². The van der Waals surface area contributed by atoms with Crippen LogP contribution in [0.4, 0.5) is 13.2 Å². The van der Waals surface area contributed by atoms with Gasteiger partial charge in [-0.2, -0.15) is 13.2 Å². The number of hydrogen-bond donors (Lipinski definition) is 0. The molecule has 332 valence electrons. The van der Waals surface area contributed by atoms with Crippen LogP contribution >= 0.6 is 0 Å². The van der Waals surface area contributed by atoms with Crippen LogP contribution in [0.15, 0.2) is 67.0 Å². The van der Waals surface area contributed by atoms with Crippen LogP contribution in [0.2, 0.25) is 0 Å². The number of nitrogens with zero attached hydrogens (tertiary/aromatic N) is 6. The summed E-state index contributed by atoms with van der Waals surface area (Å²) in [5, 5.41) is 0. The maximum absolute atomic E-state index is 13.6. The monoisotopic (exact) mass is 839 g/mol. The molecular weight excluding hydrogens is 770 g/mol. The fourth-order valence-corrected chi connectivity index (χ4v) is 8.64. The van der Waals surface area contributed by atoms with E-state index in [0.29, 0.717) is 50.8 Å². The zero-order valence-electron chi connectivity index (χ0n) is 35.8. The van der Waals surface area contributed by atoms with Crippen molar-refractivity contribution in [3.05, 3.63) is 83.9 Å². The molecule has 2 unspecified atom stereocenters. The van der Waals surface area contributed by atoms with Gasteiger partial charge in [0, 0.05) is 57.6 Å². The number of halogens is 3. The Morgan fingerprint density at radius 2 is 0.967 bits per heavy atom. The second-order valence-corrected chi connectivity index (χ2v) is 16.6. The van der Waals surface area contributed by atoms with Crippen LogP contribution in [0.5, 0.6) is 11.5 Å². The Balaban J connectivity index is 0.000000202. The largest absolute Gasteiger partial charge is 0.494 e. The lowest BCUT2D eigenvalue weighted by atomic mass is 9.94. The minimum atomic E-state index is -4.25. The first-order valence-corrected chi connectivity index (χ1v) is 22.7. The van der Waals surface area contributed by atoms with Gasteiger partial charge in [-0.1, -0.05) is 37.1 Å². The predicted molar refractivity (Wildman–Crippen MR) is 230 cm³/mol. The SMILES string of the molecule is FC(F)(F)C(CCN1CCOCC1)c1ccc(OCCCN2CCCCC2)cc1.c1cnc(C(CCN2CCOCC2)c2ccc(OCCCN3CCCCC3)cc2)nc1. The molecule has 4 saturated heterocycles. The number of rotatable bonds is 19. The molecule has 4 aliphatic heterocycles. The first-order chi connectivity index (χ1) is 29.4. The molecule has 0 amide bonds. The molecule has 0 spiro atoms. The van der Waals surface area contributed by atoms with Crippen molar-refractivity contribution in [2.75, 3.05) is 118 Å². The highest BCUT2D eigenvalue weighted by Crippen LogP contribution is 2.38. The topological polar surface area (TPSA) is 75.7 Å². The number of hydrogen-bond acceptors (Lipinski definition) is 10. The summed E-state index contributed by atoms with van der Waals surface area (Å²) in [4.78, 5) is 18.6. The van der Waals surface area contributed by atoms with Gasteiger partial charge in [-0.25, -0.2) is 9.97 Å². The number of aromatic nitrogens is 2. The molecule has 4 fully saturated rings. The van der Waals surface area contributed by atoms with Crippen LogP contribution in [0, 0.1) is 0 Å². The number of benzene rings is 2. The average Bonchev–Trinajstić information content (AvgIpc) is 3.29. The number of ether oxygens (including phenoxy) is 4. The van der Waals surface area contributed by atoms with E-state index in [0.717, 1.165) is 96.5 Å². The molecular formula is C47H69F3N6O4. The maximum Gasteiger partial charge on any atom is 0.395 e.